The number of nitrogens with one attached hydrogen (secondary N) is 1. The first-order valence-electron chi connectivity index (χ1n) is 14.1. The second-order valence-corrected chi connectivity index (χ2v) is 11.8. The molecule has 4 fully saturated rings. The van der Waals surface area contributed by atoms with Gasteiger partial charge < -0.3 is 16.0 Å². The number of hydrogen-bond donors (Lipinski definition) is 2. The molecule has 3 N–H and O–H groups in total. The van der Waals surface area contributed by atoms with Gasteiger partial charge in [-0.25, -0.2) is 9.97 Å². The van der Waals surface area contributed by atoms with Crippen LogP contribution in [-0.4, -0.2) is 61.9 Å². The zero-order valence-corrected chi connectivity index (χ0v) is 21.3. The van der Waals surface area contributed by atoms with Crippen LogP contribution in [0.3, 0.4) is 0 Å². The molecule has 4 bridgehead atoms. The van der Waals surface area contributed by atoms with Crippen molar-refractivity contribution in [3.05, 3.63) is 41.9 Å². The molecular weight excluding hydrogens is 462 g/mol. The van der Waals surface area contributed by atoms with Crippen LogP contribution in [0, 0.1) is 11.8 Å². The van der Waals surface area contributed by atoms with Crippen molar-refractivity contribution in [1.82, 2.24) is 29.6 Å². The van der Waals surface area contributed by atoms with Crippen LogP contribution in [0.1, 0.15) is 68.0 Å². The van der Waals surface area contributed by atoms with E-state index in [1.54, 1.807) is 11.0 Å². The molecule has 3 aromatic rings. The van der Waals surface area contributed by atoms with Crippen molar-refractivity contribution in [3.8, 4) is 5.82 Å². The molecule has 5 unspecified atom stereocenters. The number of fused-ring (bicyclic) bond motifs is 7. The van der Waals surface area contributed by atoms with Crippen LogP contribution in [0.4, 0.5) is 23.3 Å². The SMILES string of the molecule is Nc1nc(Nc2ccc(N3CCN(C4CC5CCC4C5)CC3)cc2)nn1-c1ncnc2c1C1CCC2C1. The summed E-state index contributed by atoms with van der Waals surface area (Å²) in [6, 6.07) is 9.46. The van der Waals surface area contributed by atoms with E-state index in [0.717, 1.165) is 42.5 Å². The fourth-order valence-electron chi connectivity index (χ4n) is 8.17. The van der Waals surface area contributed by atoms with Gasteiger partial charge >= 0.3 is 0 Å². The largest absolute Gasteiger partial charge is 0.369 e. The van der Waals surface area contributed by atoms with Crippen LogP contribution in [0.5, 0.6) is 0 Å². The van der Waals surface area contributed by atoms with Crippen molar-refractivity contribution in [2.45, 2.75) is 62.8 Å². The fourth-order valence-corrected chi connectivity index (χ4v) is 8.17. The van der Waals surface area contributed by atoms with Gasteiger partial charge in [0, 0.05) is 55.1 Å². The molecule has 8 rings (SSSR count). The van der Waals surface area contributed by atoms with E-state index in [2.05, 4.69) is 59.4 Å². The molecule has 5 aliphatic rings. The summed E-state index contributed by atoms with van der Waals surface area (Å²) in [6.45, 7) is 4.58. The van der Waals surface area contributed by atoms with Crippen molar-refractivity contribution in [1.29, 1.82) is 0 Å². The van der Waals surface area contributed by atoms with Crippen LogP contribution in [0.25, 0.3) is 5.82 Å². The molecule has 0 spiro atoms. The highest BCUT2D eigenvalue weighted by Crippen LogP contribution is 2.53. The van der Waals surface area contributed by atoms with Gasteiger partial charge in [0.25, 0.3) is 0 Å². The normalized spacial score (nSPS) is 30.3. The summed E-state index contributed by atoms with van der Waals surface area (Å²) >= 11 is 0. The summed E-state index contributed by atoms with van der Waals surface area (Å²) in [5, 5.41) is 8.01. The van der Waals surface area contributed by atoms with E-state index < -0.39 is 0 Å². The maximum Gasteiger partial charge on any atom is 0.248 e. The lowest BCUT2D eigenvalue weighted by Gasteiger charge is -2.41. The number of anilines is 4. The van der Waals surface area contributed by atoms with E-state index in [0.29, 0.717) is 23.7 Å². The molecule has 3 heterocycles. The third-order valence-corrected chi connectivity index (χ3v) is 9.93. The molecule has 192 valence electrons. The van der Waals surface area contributed by atoms with Crippen LogP contribution in [0.15, 0.2) is 30.6 Å². The Kier molecular flexibility index (Phi) is 4.97. The average Bonchev–Trinajstić information content (AvgIpc) is 3.77. The molecule has 0 amide bonds. The smallest absolute Gasteiger partial charge is 0.248 e. The van der Waals surface area contributed by atoms with Crippen LogP contribution >= 0.6 is 0 Å². The Hall–Kier alpha value is -3.20. The highest BCUT2D eigenvalue weighted by Gasteiger charge is 2.43. The zero-order chi connectivity index (χ0) is 24.5. The third-order valence-electron chi connectivity index (χ3n) is 9.93. The van der Waals surface area contributed by atoms with Crippen molar-refractivity contribution in [3.63, 3.8) is 0 Å². The number of nitrogens with two attached hydrogens (primary N) is 1. The van der Waals surface area contributed by atoms with Crippen molar-refractivity contribution in [2.75, 3.05) is 42.1 Å². The molecule has 1 aliphatic heterocycles. The molecule has 9 nitrogen and oxygen atoms in total. The van der Waals surface area contributed by atoms with Gasteiger partial charge in [0.1, 0.15) is 6.33 Å². The van der Waals surface area contributed by atoms with Crippen molar-refractivity contribution in [2.24, 2.45) is 11.8 Å². The van der Waals surface area contributed by atoms with Gasteiger partial charge in [0.05, 0.1) is 5.69 Å². The number of aromatic nitrogens is 5. The number of nitrogens with zero attached hydrogens (tertiary/aromatic N) is 7. The topological polar surface area (TPSA) is 101 Å². The molecule has 9 heteroatoms. The van der Waals surface area contributed by atoms with E-state index in [1.807, 2.05) is 0 Å². The highest BCUT2D eigenvalue weighted by molar-refractivity contribution is 5.60. The van der Waals surface area contributed by atoms with E-state index in [4.69, 9.17) is 5.73 Å². The summed E-state index contributed by atoms with van der Waals surface area (Å²) in [5.74, 6) is 4.67. The first-order chi connectivity index (χ1) is 18.2. The van der Waals surface area contributed by atoms with E-state index >= 15 is 0 Å². The van der Waals surface area contributed by atoms with Crippen molar-refractivity contribution < 1.29 is 0 Å². The van der Waals surface area contributed by atoms with Gasteiger partial charge in [-0.1, -0.05) is 6.42 Å². The average molecular weight is 498 g/mol. The lowest BCUT2D eigenvalue weighted by molar-refractivity contribution is 0.135. The minimum atomic E-state index is 0.344. The molecule has 2 aromatic heterocycles. The lowest BCUT2D eigenvalue weighted by Crippen LogP contribution is -2.51. The van der Waals surface area contributed by atoms with Gasteiger partial charge in [-0.15, -0.1) is 5.10 Å². The maximum absolute atomic E-state index is 6.30. The maximum atomic E-state index is 6.30. The molecule has 5 atom stereocenters. The number of benzene rings is 1. The molecule has 37 heavy (non-hydrogen) atoms. The summed E-state index contributed by atoms with van der Waals surface area (Å²) in [7, 11) is 0. The number of hydrogen-bond acceptors (Lipinski definition) is 8. The molecule has 4 aliphatic carbocycles. The highest BCUT2D eigenvalue weighted by atomic mass is 15.4. The summed E-state index contributed by atoms with van der Waals surface area (Å²) in [6.07, 6.45) is 11.1. The summed E-state index contributed by atoms with van der Waals surface area (Å²) in [5.41, 5.74) is 10.9. The Labute approximate surface area is 217 Å². The second kappa shape index (κ2) is 8.41. The number of rotatable bonds is 5. The van der Waals surface area contributed by atoms with E-state index in [9.17, 15) is 0 Å². The van der Waals surface area contributed by atoms with Gasteiger partial charge in [0.15, 0.2) is 5.82 Å². The number of piperazine rings is 1. The standard InChI is InChI=1S/C28H35N9/c29-27-33-28(34-37(27)26-24-19-3-4-20(15-19)25(24)30-16-31-26)32-21-5-7-22(8-6-21)35-9-11-36(12-10-35)23-14-17-1-2-18(23)13-17/h5-8,16-20,23H,1-4,9-15H2,(H3,29,32,33,34). The Balaban J connectivity index is 0.939. The molecule has 1 saturated heterocycles. The van der Waals surface area contributed by atoms with Gasteiger partial charge in [-0.05, 0) is 80.5 Å². The second-order valence-electron chi connectivity index (χ2n) is 11.8. The Morgan fingerprint density at radius 3 is 2.49 bits per heavy atom. The molecule has 3 saturated carbocycles. The van der Waals surface area contributed by atoms with Gasteiger partial charge in [-0.3, -0.25) is 4.90 Å². The van der Waals surface area contributed by atoms with Crippen LogP contribution in [-0.2, 0) is 0 Å². The van der Waals surface area contributed by atoms with Gasteiger partial charge in [-0.2, -0.15) is 9.67 Å². The first kappa shape index (κ1) is 21.8. The van der Waals surface area contributed by atoms with Crippen molar-refractivity contribution >= 4 is 23.3 Å². The van der Waals surface area contributed by atoms with Gasteiger partial charge in [0.2, 0.25) is 11.9 Å². The number of nitrogen functional groups attached to an aromatic ring is 1. The molecular formula is C28H35N9. The molecule has 1 aromatic carbocycles. The predicted molar refractivity (Wildman–Crippen MR) is 143 cm³/mol. The Morgan fingerprint density at radius 1 is 0.865 bits per heavy atom. The fraction of sp³-hybridized carbons (Fsp3) is 0.571. The van der Waals surface area contributed by atoms with E-state index in [-0.39, 0.29) is 0 Å². The quantitative estimate of drug-likeness (QED) is 0.544. The summed E-state index contributed by atoms with van der Waals surface area (Å²) < 4.78 is 1.67. The summed E-state index contributed by atoms with van der Waals surface area (Å²) in [4.78, 5) is 18.9. The minimum Gasteiger partial charge on any atom is -0.369 e. The Bertz CT molecular complexity index is 1310. The minimum absolute atomic E-state index is 0.344. The molecule has 0 radical (unpaired) electrons. The lowest BCUT2D eigenvalue weighted by atomic mass is 9.93. The van der Waals surface area contributed by atoms with Crippen LogP contribution < -0.4 is 16.0 Å². The predicted octanol–water partition coefficient (Wildman–Crippen LogP) is 4.06. The monoisotopic (exact) mass is 497 g/mol. The first-order valence-corrected chi connectivity index (χ1v) is 14.1. The third kappa shape index (κ3) is 3.61. The Morgan fingerprint density at radius 2 is 1.70 bits per heavy atom. The zero-order valence-electron chi connectivity index (χ0n) is 21.3. The van der Waals surface area contributed by atoms with Crippen LogP contribution in [0.2, 0.25) is 0 Å². The van der Waals surface area contributed by atoms with E-state index in [1.165, 1.54) is 75.0 Å².